The van der Waals surface area contributed by atoms with Crippen LogP contribution in [0.15, 0.2) is 83.9 Å². The summed E-state index contributed by atoms with van der Waals surface area (Å²) in [5, 5.41) is 0.964. The predicted octanol–water partition coefficient (Wildman–Crippen LogP) is 6.20. The number of pyridine rings is 1. The molecule has 4 aromatic rings. The molecule has 0 amide bonds. The number of benzene rings is 3. The van der Waals surface area contributed by atoms with Crippen LogP contribution in [0.25, 0.3) is 22.0 Å². The van der Waals surface area contributed by atoms with Gasteiger partial charge in [0.2, 0.25) is 0 Å². The Labute approximate surface area is 205 Å². The number of hydrogen-bond donors (Lipinski definition) is 0. The number of rotatable bonds is 8. The van der Waals surface area contributed by atoms with E-state index in [0.717, 1.165) is 38.1 Å². The first-order valence-corrected chi connectivity index (χ1v) is 14.3. The molecule has 0 bridgehead atoms. The standard InChI is InChI=1S/C28H27NO3S2/c1-19(18-34(3,31)32)24-16-23-8-5-13-29-28(23)26(17-24)22-7-4-6-20(14-22)15-27(30)21-9-11-25(33-2)12-10-21/h4-14,16-17,19H,15,18H2,1-3H3. The molecule has 174 valence electrons. The Balaban J connectivity index is 1.70. The molecule has 3 aromatic carbocycles. The van der Waals surface area contributed by atoms with Gasteiger partial charge in [-0.3, -0.25) is 9.78 Å². The maximum absolute atomic E-state index is 12.9. The lowest BCUT2D eigenvalue weighted by molar-refractivity contribution is 0.0993. The van der Waals surface area contributed by atoms with Crippen LogP contribution in [0.1, 0.15) is 34.3 Å². The normalized spacial score (nSPS) is 12.6. The number of fused-ring (bicyclic) bond motifs is 1. The van der Waals surface area contributed by atoms with Gasteiger partial charge in [-0.1, -0.05) is 49.4 Å². The van der Waals surface area contributed by atoms with E-state index >= 15 is 0 Å². The van der Waals surface area contributed by atoms with Gasteiger partial charge in [-0.2, -0.15) is 0 Å². The van der Waals surface area contributed by atoms with Crippen molar-refractivity contribution in [1.29, 1.82) is 0 Å². The number of carbonyl (C=O) groups excluding carboxylic acids is 1. The maximum atomic E-state index is 12.9. The Kier molecular flexibility index (Phi) is 7.19. The maximum Gasteiger partial charge on any atom is 0.167 e. The van der Waals surface area contributed by atoms with Crippen LogP contribution in [0.3, 0.4) is 0 Å². The van der Waals surface area contributed by atoms with Crippen molar-refractivity contribution >= 4 is 38.3 Å². The highest BCUT2D eigenvalue weighted by molar-refractivity contribution is 7.98. The number of aromatic nitrogens is 1. The van der Waals surface area contributed by atoms with Gasteiger partial charge in [0, 0.05) is 40.3 Å². The minimum Gasteiger partial charge on any atom is -0.294 e. The van der Waals surface area contributed by atoms with Crippen molar-refractivity contribution in [2.24, 2.45) is 0 Å². The van der Waals surface area contributed by atoms with E-state index in [9.17, 15) is 13.2 Å². The highest BCUT2D eigenvalue weighted by Crippen LogP contribution is 2.32. The van der Waals surface area contributed by atoms with E-state index in [2.05, 4.69) is 4.98 Å². The molecule has 0 N–H and O–H groups in total. The second-order valence-electron chi connectivity index (χ2n) is 8.67. The van der Waals surface area contributed by atoms with Crippen LogP contribution in [0, 0.1) is 0 Å². The average molecular weight is 490 g/mol. The minimum atomic E-state index is -3.11. The predicted molar refractivity (Wildman–Crippen MR) is 142 cm³/mol. The summed E-state index contributed by atoms with van der Waals surface area (Å²) < 4.78 is 23.8. The number of ketones is 1. The van der Waals surface area contributed by atoms with E-state index in [1.54, 1.807) is 18.0 Å². The molecule has 34 heavy (non-hydrogen) atoms. The first kappa shape index (κ1) is 24.2. The van der Waals surface area contributed by atoms with Crippen LogP contribution < -0.4 is 0 Å². The van der Waals surface area contributed by atoms with Crippen LogP contribution >= 0.6 is 11.8 Å². The summed E-state index contributed by atoms with van der Waals surface area (Å²) in [5.74, 6) is 0.0120. The van der Waals surface area contributed by atoms with Gasteiger partial charge in [-0.05, 0) is 59.2 Å². The van der Waals surface area contributed by atoms with Gasteiger partial charge in [0.05, 0.1) is 11.3 Å². The van der Waals surface area contributed by atoms with Crippen LogP contribution in [-0.4, -0.2) is 37.4 Å². The van der Waals surface area contributed by atoms with E-state index in [0.29, 0.717) is 12.0 Å². The van der Waals surface area contributed by atoms with Crippen LogP contribution in [-0.2, 0) is 16.3 Å². The van der Waals surface area contributed by atoms with Gasteiger partial charge in [0.15, 0.2) is 5.78 Å². The fraction of sp³-hybridized carbons (Fsp3) is 0.214. The van der Waals surface area contributed by atoms with Crippen LogP contribution in [0.2, 0.25) is 0 Å². The zero-order chi connectivity index (χ0) is 24.3. The van der Waals surface area contributed by atoms with E-state index in [1.807, 2.05) is 86.0 Å². The van der Waals surface area contributed by atoms with E-state index in [-0.39, 0.29) is 17.5 Å². The molecule has 1 unspecified atom stereocenters. The number of sulfone groups is 1. The third kappa shape index (κ3) is 5.75. The molecule has 0 saturated heterocycles. The summed E-state index contributed by atoms with van der Waals surface area (Å²) in [6.45, 7) is 1.93. The Bertz CT molecular complexity index is 1440. The summed E-state index contributed by atoms with van der Waals surface area (Å²) in [6.07, 6.45) is 5.35. The number of nitrogens with zero attached hydrogens (tertiary/aromatic N) is 1. The molecule has 1 aromatic heterocycles. The number of carbonyl (C=O) groups is 1. The molecule has 0 radical (unpaired) electrons. The van der Waals surface area contributed by atoms with Gasteiger partial charge in [0.25, 0.3) is 0 Å². The summed E-state index contributed by atoms with van der Waals surface area (Å²) in [4.78, 5) is 18.6. The van der Waals surface area contributed by atoms with Crippen molar-refractivity contribution in [1.82, 2.24) is 4.98 Å². The Morgan fingerprint density at radius 1 is 1.00 bits per heavy atom. The Hall–Kier alpha value is -2.96. The highest BCUT2D eigenvalue weighted by atomic mass is 32.2. The zero-order valence-corrected chi connectivity index (χ0v) is 21.1. The van der Waals surface area contributed by atoms with Crippen molar-refractivity contribution < 1.29 is 13.2 Å². The monoisotopic (exact) mass is 489 g/mol. The average Bonchev–Trinajstić information content (AvgIpc) is 2.82. The minimum absolute atomic E-state index is 0.0725. The number of Topliss-reactive ketones (excluding diaryl/α,β-unsaturated/α-hetero) is 1. The molecule has 0 saturated carbocycles. The third-order valence-electron chi connectivity index (χ3n) is 5.86. The molecule has 0 fully saturated rings. The Morgan fingerprint density at radius 3 is 2.47 bits per heavy atom. The lowest BCUT2D eigenvalue weighted by Gasteiger charge is -2.15. The second-order valence-corrected chi connectivity index (χ2v) is 11.7. The first-order chi connectivity index (χ1) is 16.2. The largest absolute Gasteiger partial charge is 0.294 e. The molecule has 0 aliphatic rings. The quantitative estimate of drug-likeness (QED) is 0.218. The van der Waals surface area contributed by atoms with E-state index in [1.165, 1.54) is 6.26 Å². The Morgan fingerprint density at radius 2 is 1.76 bits per heavy atom. The SMILES string of the molecule is CSc1ccc(C(=O)Cc2cccc(-c3cc(C(C)CS(C)(=O)=O)cc4cccnc34)c2)cc1. The van der Waals surface area contributed by atoms with Gasteiger partial charge >= 0.3 is 0 Å². The van der Waals surface area contributed by atoms with Gasteiger partial charge in [0.1, 0.15) is 9.84 Å². The van der Waals surface area contributed by atoms with Gasteiger partial charge < -0.3 is 0 Å². The van der Waals surface area contributed by atoms with E-state index in [4.69, 9.17) is 0 Å². The van der Waals surface area contributed by atoms with Crippen molar-refractivity contribution in [3.8, 4) is 11.1 Å². The molecule has 0 spiro atoms. The van der Waals surface area contributed by atoms with Crippen molar-refractivity contribution in [3.05, 3.63) is 95.7 Å². The molecule has 1 heterocycles. The summed E-state index contributed by atoms with van der Waals surface area (Å²) in [6, 6.07) is 23.6. The topological polar surface area (TPSA) is 64.1 Å². The first-order valence-electron chi connectivity index (χ1n) is 11.1. The highest BCUT2D eigenvalue weighted by Gasteiger charge is 2.16. The summed E-state index contributed by atoms with van der Waals surface area (Å²) in [5.41, 5.74) is 5.33. The molecule has 1 atom stereocenters. The molecule has 0 aliphatic heterocycles. The summed E-state index contributed by atoms with van der Waals surface area (Å²) >= 11 is 1.65. The third-order valence-corrected chi connectivity index (χ3v) is 7.71. The smallest absolute Gasteiger partial charge is 0.167 e. The second kappa shape index (κ2) is 10.1. The van der Waals surface area contributed by atoms with Crippen molar-refractivity contribution in [2.75, 3.05) is 18.3 Å². The molecule has 0 aliphatic carbocycles. The van der Waals surface area contributed by atoms with E-state index < -0.39 is 9.84 Å². The molecule has 6 heteroatoms. The van der Waals surface area contributed by atoms with Crippen molar-refractivity contribution in [3.63, 3.8) is 0 Å². The zero-order valence-electron chi connectivity index (χ0n) is 19.5. The fourth-order valence-electron chi connectivity index (χ4n) is 4.18. The molecule has 4 nitrogen and oxygen atoms in total. The molecular formula is C28H27NO3S2. The van der Waals surface area contributed by atoms with Crippen molar-refractivity contribution in [2.45, 2.75) is 24.2 Å². The lowest BCUT2D eigenvalue weighted by atomic mass is 9.92. The van der Waals surface area contributed by atoms with Crippen LogP contribution in [0.5, 0.6) is 0 Å². The van der Waals surface area contributed by atoms with Crippen LogP contribution in [0.4, 0.5) is 0 Å². The molecular weight excluding hydrogens is 462 g/mol. The number of thioether (sulfide) groups is 1. The summed E-state index contributed by atoms with van der Waals surface area (Å²) in [7, 11) is -3.11. The molecule has 4 rings (SSSR count). The fourth-order valence-corrected chi connectivity index (χ4v) is 5.69. The number of hydrogen-bond acceptors (Lipinski definition) is 5. The van der Waals surface area contributed by atoms with Gasteiger partial charge in [-0.15, -0.1) is 11.8 Å². The lowest BCUT2D eigenvalue weighted by Crippen LogP contribution is -2.10. The van der Waals surface area contributed by atoms with Gasteiger partial charge in [-0.25, -0.2) is 8.42 Å².